The van der Waals surface area contributed by atoms with E-state index in [1.807, 2.05) is 6.92 Å². The van der Waals surface area contributed by atoms with Crippen molar-refractivity contribution in [3.05, 3.63) is 10.6 Å². The van der Waals surface area contributed by atoms with E-state index in [9.17, 15) is 4.79 Å². The van der Waals surface area contributed by atoms with Crippen LogP contribution in [0, 0.1) is 0 Å². The second-order valence-corrected chi connectivity index (χ2v) is 5.01. The molecule has 4 nitrogen and oxygen atoms in total. The third-order valence-corrected chi connectivity index (χ3v) is 3.70. The van der Waals surface area contributed by atoms with Gasteiger partial charge >= 0.3 is 0 Å². The molecule has 0 saturated heterocycles. The van der Waals surface area contributed by atoms with Crippen molar-refractivity contribution < 1.29 is 4.79 Å². The number of hydrogen-bond acceptors (Lipinski definition) is 4. The Bertz CT molecular complexity index is 352. The number of likely N-dealkylation sites (N-methyl/N-ethyl adjacent to an activating group) is 1. The fraction of sp³-hybridized carbons (Fsp3) is 0.636. The first-order valence-corrected chi connectivity index (χ1v) is 6.60. The first-order valence-electron chi connectivity index (χ1n) is 5.78. The van der Waals surface area contributed by atoms with Crippen LogP contribution < -0.4 is 10.6 Å². The van der Waals surface area contributed by atoms with Gasteiger partial charge < -0.3 is 10.6 Å². The summed E-state index contributed by atoms with van der Waals surface area (Å²) >= 11 is 1.63. The minimum atomic E-state index is -0.00653. The molecule has 0 aliphatic heterocycles. The van der Waals surface area contributed by atoms with E-state index in [2.05, 4.69) is 15.6 Å². The summed E-state index contributed by atoms with van der Waals surface area (Å²) in [7, 11) is 0. The van der Waals surface area contributed by atoms with Crippen molar-refractivity contribution >= 4 is 22.4 Å². The Kier molecular flexibility index (Phi) is 3.90. The zero-order chi connectivity index (χ0) is 11.4. The molecule has 0 saturated carbocycles. The number of aryl methyl sites for hydroxylation is 2. The SMILES string of the molecule is CCNCC(=O)Nc1nc2c(s1)CCCC2. The van der Waals surface area contributed by atoms with Crippen molar-refractivity contribution in [2.24, 2.45) is 0 Å². The van der Waals surface area contributed by atoms with Gasteiger partial charge in [-0.05, 0) is 32.2 Å². The lowest BCUT2D eigenvalue weighted by Crippen LogP contribution is -2.27. The molecule has 0 fully saturated rings. The molecule has 1 aromatic rings. The number of fused-ring (bicyclic) bond motifs is 1. The molecule has 88 valence electrons. The molecule has 0 aromatic carbocycles. The molecular formula is C11H17N3OS. The van der Waals surface area contributed by atoms with Crippen molar-refractivity contribution in [3.63, 3.8) is 0 Å². The van der Waals surface area contributed by atoms with E-state index < -0.39 is 0 Å². The number of nitrogens with zero attached hydrogens (tertiary/aromatic N) is 1. The predicted octanol–water partition coefficient (Wildman–Crippen LogP) is 1.57. The average molecular weight is 239 g/mol. The van der Waals surface area contributed by atoms with E-state index in [0.29, 0.717) is 6.54 Å². The van der Waals surface area contributed by atoms with Gasteiger partial charge in [-0.3, -0.25) is 4.79 Å². The highest BCUT2D eigenvalue weighted by molar-refractivity contribution is 7.15. The van der Waals surface area contributed by atoms with E-state index in [1.165, 1.54) is 23.4 Å². The summed E-state index contributed by atoms with van der Waals surface area (Å²) in [6.45, 7) is 3.15. The summed E-state index contributed by atoms with van der Waals surface area (Å²) in [5, 5.41) is 6.59. The van der Waals surface area contributed by atoms with E-state index in [4.69, 9.17) is 0 Å². The minimum Gasteiger partial charge on any atom is -0.309 e. The standard InChI is InChI=1S/C11H17N3OS/c1-2-12-7-10(15)14-11-13-8-5-3-4-6-9(8)16-11/h12H,2-7H2,1H3,(H,13,14,15). The average Bonchev–Trinajstić information content (AvgIpc) is 2.68. The van der Waals surface area contributed by atoms with Crippen molar-refractivity contribution in [3.8, 4) is 0 Å². The van der Waals surface area contributed by atoms with Crippen LogP contribution in [0.2, 0.25) is 0 Å². The van der Waals surface area contributed by atoms with Gasteiger partial charge in [0.1, 0.15) is 0 Å². The molecule has 0 bridgehead atoms. The Hall–Kier alpha value is -0.940. The molecule has 2 rings (SSSR count). The summed E-state index contributed by atoms with van der Waals surface area (Å²) in [6.07, 6.45) is 4.66. The van der Waals surface area contributed by atoms with E-state index in [-0.39, 0.29) is 5.91 Å². The normalized spacial score (nSPS) is 14.6. The molecule has 2 N–H and O–H groups in total. The highest BCUT2D eigenvalue weighted by atomic mass is 32.1. The summed E-state index contributed by atoms with van der Waals surface area (Å²) < 4.78 is 0. The number of carbonyl (C=O) groups excluding carboxylic acids is 1. The Labute approximate surface area is 99.5 Å². The highest BCUT2D eigenvalue weighted by Gasteiger charge is 2.15. The van der Waals surface area contributed by atoms with Gasteiger partial charge in [-0.2, -0.15) is 0 Å². The van der Waals surface area contributed by atoms with Crippen LogP contribution >= 0.6 is 11.3 Å². The highest BCUT2D eigenvalue weighted by Crippen LogP contribution is 2.29. The number of nitrogens with one attached hydrogen (secondary N) is 2. The third kappa shape index (κ3) is 2.80. The molecule has 1 amide bonds. The fourth-order valence-corrected chi connectivity index (χ4v) is 2.87. The van der Waals surface area contributed by atoms with Gasteiger partial charge in [-0.1, -0.05) is 6.92 Å². The van der Waals surface area contributed by atoms with Crippen LogP contribution in [0.1, 0.15) is 30.3 Å². The van der Waals surface area contributed by atoms with Crippen LogP contribution in [0.3, 0.4) is 0 Å². The number of thiazole rings is 1. The summed E-state index contributed by atoms with van der Waals surface area (Å²) in [4.78, 5) is 17.3. The minimum absolute atomic E-state index is 0.00653. The zero-order valence-corrected chi connectivity index (χ0v) is 10.3. The van der Waals surface area contributed by atoms with Gasteiger partial charge in [-0.15, -0.1) is 11.3 Å². The maximum absolute atomic E-state index is 11.5. The number of amides is 1. The van der Waals surface area contributed by atoms with Crippen LogP contribution in [0.25, 0.3) is 0 Å². The number of aromatic nitrogens is 1. The second-order valence-electron chi connectivity index (χ2n) is 3.92. The Morgan fingerprint density at radius 2 is 2.25 bits per heavy atom. The lowest BCUT2D eigenvalue weighted by molar-refractivity contribution is -0.115. The molecule has 0 unspecified atom stereocenters. The quantitative estimate of drug-likeness (QED) is 0.838. The number of rotatable bonds is 4. The molecule has 1 aliphatic carbocycles. The van der Waals surface area contributed by atoms with Crippen molar-refractivity contribution in [1.82, 2.24) is 10.3 Å². The Balaban J connectivity index is 1.94. The first-order chi connectivity index (χ1) is 7.79. The monoisotopic (exact) mass is 239 g/mol. The largest absolute Gasteiger partial charge is 0.309 e. The van der Waals surface area contributed by atoms with Crippen LogP contribution in [-0.4, -0.2) is 24.0 Å². The number of hydrogen-bond donors (Lipinski definition) is 2. The molecule has 0 radical (unpaired) electrons. The first kappa shape index (κ1) is 11.5. The van der Waals surface area contributed by atoms with Crippen molar-refractivity contribution in [2.75, 3.05) is 18.4 Å². The van der Waals surface area contributed by atoms with Crippen molar-refractivity contribution in [2.45, 2.75) is 32.6 Å². The summed E-state index contributed by atoms with van der Waals surface area (Å²) in [5.74, 6) is -0.00653. The van der Waals surface area contributed by atoms with Gasteiger partial charge in [-0.25, -0.2) is 4.98 Å². The van der Waals surface area contributed by atoms with Gasteiger partial charge in [0.2, 0.25) is 5.91 Å². The van der Waals surface area contributed by atoms with E-state index in [0.717, 1.165) is 24.5 Å². The number of anilines is 1. The topological polar surface area (TPSA) is 54.0 Å². The van der Waals surface area contributed by atoms with Crippen LogP contribution in [0.5, 0.6) is 0 Å². The van der Waals surface area contributed by atoms with Crippen LogP contribution in [0.4, 0.5) is 5.13 Å². The van der Waals surface area contributed by atoms with Gasteiger partial charge in [0.05, 0.1) is 12.2 Å². The lowest BCUT2D eigenvalue weighted by Gasteiger charge is -2.06. The van der Waals surface area contributed by atoms with Crippen molar-refractivity contribution in [1.29, 1.82) is 0 Å². The third-order valence-electron chi connectivity index (χ3n) is 2.63. The Morgan fingerprint density at radius 3 is 3.00 bits per heavy atom. The van der Waals surface area contributed by atoms with Crippen LogP contribution in [0.15, 0.2) is 0 Å². The maximum atomic E-state index is 11.5. The smallest absolute Gasteiger partial charge is 0.240 e. The van der Waals surface area contributed by atoms with Gasteiger partial charge in [0.25, 0.3) is 0 Å². The summed E-state index contributed by atoms with van der Waals surface area (Å²) in [6, 6.07) is 0. The zero-order valence-electron chi connectivity index (χ0n) is 9.51. The molecule has 1 aliphatic rings. The van der Waals surface area contributed by atoms with Crippen LogP contribution in [-0.2, 0) is 17.6 Å². The molecule has 0 atom stereocenters. The molecular weight excluding hydrogens is 222 g/mol. The molecule has 5 heteroatoms. The lowest BCUT2D eigenvalue weighted by atomic mass is 10.0. The predicted molar refractivity (Wildman–Crippen MR) is 65.9 cm³/mol. The molecule has 16 heavy (non-hydrogen) atoms. The van der Waals surface area contributed by atoms with Gasteiger partial charge in [0.15, 0.2) is 5.13 Å². The molecule has 1 heterocycles. The maximum Gasteiger partial charge on any atom is 0.240 e. The van der Waals surface area contributed by atoms with E-state index in [1.54, 1.807) is 11.3 Å². The fourth-order valence-electron chi connectivity index (χ4n) is 1.81. The summed E-state index contributed by atoms with van der Waals surface area (Å²) in [5.41, 5.74) is 1.19. The molecule has 0 spiro atoms. The second kappa shape index (κ2) is 5.41. The Morgan fingerprint density at radius 1 is 1.44 bits per heavy atom. The number of carbonyl (C=O) groups is 1. The van der Waals surface area contributed by atoms with Gasteiger partial charge in [0, 0.05) is 4.88 Å². The molecule has 1 aromatic heterocycles. The van der Waals surface area contributed by atoms with E-state index >= 15 is 0 Å².